The molecule has 2 N–H and O–H groups in total. The van der Waals surface area contributed by atoms with Crippen LogP contribution in [0.25, 0.3) is 0 Å². The lowest BCUT2D eigenvalue weighted by molar-refractivity contribution is -0.178. The third-order valence-corrected chi connectivity index (χ3v) is 17.2. The van der Waals surface area contributed by atoms with E-state index >= 15 is 0 Å². The summed E-state index contributed by atoms with van der Waals surface area (Å²) in [5, 5.41) is 25.3. The molecular weight excluding hydrogens is 925 g/mol. The zero-order valence-corrected chi connectivity index (χ0v) is 40.5. The molecule has 0 radical (unpaired) electrons. The first-order valence-electron chi connectivity index (χ1n) is 24.7. The van der Waals surface area contributed by atoms with Crippen molar-refractivity contribution in [2.24, 2.45) is 0 Å². The number of hydrogen-bond donors (Lipinski definition) is 2. The van der Waals surface area contributed by atoms with Gasteiger partial charge in [0.25, 0.3) is 0 Å². The number of esters is 4. The first-order valence-corrected chi connectivity index (χ1v) is 24.7. The number of piperidine rings is 2. The molecule has 0 amide bonds. The van der Waals surface area contributed by atoms with E-state index in [9.17, 15) is 29.4 Å². The SMILES string of the molecule is COc1ccc2c3c1O[C@H]1C(OC(=O)[C@H](OC(=O)CCC(=O)O[C@@H](C(=O)OC4=CC[C@@]5(O)[C@H]6Cc7ccc(OC)c8c7[C@@]5(CCN6C)[C@H]4O8)c4ccccc4)c4ccccc4)=CC[C@@]4(O)[C@@H](C2)N(C)CC[C@]314. The molecule has 16 heteroatoms. The number of ether oxygens (including phenoxy) is 8. The van der Waals surface area contributed by atoms with Crippen LogP contribution in [0.4, 0.5) is 0 Å². The average molecular weight is 981 g/mol. The number of likely N-dealkylation sites (tertiary alicyclic amines) is 2. The molecule has 10 atom stereocenters. The molecule has 72 heavy (non-hydrogen) atoms. The van der Waals surface area contributed by atoms with Crippen LogP contribution in [0.2, 0.25) is 0 Å². The lowest BCUT2D eigenvalue weighted by Gasteiger charge is -2.61. The van der Waals surface area contributed by atoms with Gasteiger partial charge in [0.2, 0.25) is 12.2 Å². The fourth-order valence-corrected chi connectivity index (χ4v) is 13.9. The number of carbonyl (C=O) groups is 4. The van der Waals surface area contributed by atoms with Gasteiger partial charge in [-0.1, -0.05) is 72.8 Å². The van der Waals surface area contributed by atoms with Gasteiger partial charge in [0.15, 0.2) is 35.2 Å². The molecule has 4 aromatic rings. The van der Waals surface area contributed by atoms with E-state index in [1.165, 1.54) is 0 Å². The Morgan fingerprint density at radius 3 is 1.40 bits per heavy atom. The quantitative estimate of drug-likeness (QED) is 0.128. The summed E-state index contributed by atoms with van der Waals surface area (Å²) in [6.45, 7) is 1.35. The van der Waals surface area contributed by atoms with Crippen LogP contribution in [-0.2, 0) is 61.8 Å². The summed E-state index contributed by atoms with van der Waals surface area (Å²) >= 11 is 0. The fourth-order valence-electron chi connectivity index (χ4n) is 13.9. The zero-order chi connectivity index (χ0) is 49.9. The number of benzene rings is 4. The Morgan fingerprint density at radius 1 is 0.611 bits per heavy atom. The predicted octanol–water partition coefficient (Wildman–Crippen LogP) is 5.40. The van der Waals surface area contributed by atoms with Crippen LogP contribution in [0.5, 0.6) is 23.0 Å². The van der Waals surface area contributed by atoms with E-state index in [4.69, 9.17) is 37.9 Å². The molecule has 2 spiro atoms. The summed E-state index contributed by atoms with van der Waals surface area (Å²) in [7, 11) is 7.14. The van der Waals surface area contributed by atoms with Gasteiger partial charge in [0.1, 0.15) is 11.5 Å². The number of likely N-dealkylation sites (N-methyl/N-ethyl adjacent to an activating group) is 2. The van der Waals surface area contributed by atoms with Crippen LogP contribution in [0, 0.1) is 0 Å². The van der Waals surface area contributed by atoms with Crippen LogP contribution in [-0.4, -0.2) is 121 Å². The lowest BCUT2D eigenvalue weighted by Crippen LogP contribution is -2.74. The molecule has 0 aromatic heterocycles. The highest BCUT2D eigenvalue weighted by atomic mass is 16.6. The maximum atomic E-state index is 14.4. The van der Waals surface area contributed by atoms with Gasteiger partial charge in [-0.05, 0) is 88.3 Å². The Bertz CT molecular complexity index is 2780. The van der Waals surface area contributed by atoms with Crippen molar-refractivity contribution in [3.8, 4) is 23.0 Å². The summed E-state index contributed by atoms with van der Waals surface area (Å²) in [6, 6.07) is 24.1. The molecule has 4 heterocycles. The molecule has 374 valence electrons. The Morgan fingerprint density at radius 2 is 1.01 bits per heavy atom. The van der Waals surface area contributed by atoms with Gasteiger partial charge in [0, 0.05) is 47.2 Å². The number of nitrogens with zero attached hydrogens (tertiary/aromatic N) is 2. The minimum absolute atomic E-state index is 0.189. The fraction of sp³-hybridized carbons (Fsp3) is 0.429. The van der Waals surface area contributed by atoms with Crippen LogP contribution >= 0.6 is 0 Å². The van der Waals surface area contributed by atoms with Crippen LogP contribution in [0.15, 0.2) is 109 Å². The van der Waals surface area contributed by atoms with E-state index in [0.29, 0.717) is 72.9 Å². The van der Waals surface area contributed by atoms with Crippen molar-refractivity contribution in [1.82, 2.24) is 9.80 Å². The standard InChI is InChI=1S/C56H56N2O14/c1-57-27-25-53-43-33-15-17-35(65-3)47(43)71-49(53)37(21-23-55(53,63)39(57)29-33)67-51(61)45(31-11-7-5-8-12-31)69-41(59)19-20-42(60)70-46(32-13-9-6-10-14-32)52(62)68-38-22-24-56(64)40-30-34-16-18-36(66-4)48-44(34)54(56,50(38)72-48)26-28-58(40)2/h5-18,21-22,39-40,45-46,49-50,63-64H,19-20,23-30H2,1-4H3/t39-,40-,45-,46-,49+,50+,53+,54+,55-,56-/m1/s1. The molecule has 2 fully saturated rings. The lowest BCUT2D eigenvalue weighted by atomic mass is 9.50. The molecule has 4 aromatic carbocycles. The monoisotopic (exact) mass is 980 g/mol. The Labute approximate surface area is 416 Å². The van der Waals surface area contributed by atoms with Crippen molar-refractivity contribution >= 4 is 23.9 Å². The maximum absolute atomic E-state index is 14.4. The predicted molar refractivity (Wildman–Crippen MR) is 255 cm³/mol. The van der Waals surface area contributed by atoms with Crippen molar-refractivity contribution in [2.75, 3.05) is 41.4 Å². The smallest absolute Gasteiger partial charge is 0.357 e. The number of hydrogen-bond acceptors (Lipinski definition) is 16. The summed E-state index contributed by atoms with van der Waals surface area (Å²) in [5.74, 6) is -1.15. The maximum Gasteiger partial charge on any atom is 0.357 e. The van der Waals surface area contributed by atoms with Gasteiger partial charge in [-0.2, -0.15) is 0 Å². The van der Waals surface area contributed by atoms with Crippen molar-refractivity contribution in [3.05, 3.63) is 142 Å². The van der Waals surface area contributed by atoms with Crippen molar-refractivity contribution in [3.63, 3.8) is 0 Å². The molecule has 2 saturated heterocycles. The first-order chi connectivity index (χ1) is 34.8. The highest BCUT2D eigenvalue weighted by Crippen LogP contribution is 2.67. The molecule has 4 bridgehead atoms. The minimum atomic E-state index is -1.55. The highest BCUT2D eigenvalue weighted by Gasteiger charge is 2.74. The first kappa shape index (κ1) is 46.4. The van der Waals surface area contributed by atoms with Crippen LogP contribution in [0.1, 0.15) is 84.1 Å². The second kappa shape index (κ2) is 16.9. The van der Waals surface area contributed by atoms with Crippen molar-refractivity contribution in [1.29, 1.82) is 0 Å². The largest absolute Gasteiger partial charge is 0.493 e. The van der Waals surface area contributed by atoms with Gasteiger partial charge < -0.3 is 57.9 Å². The van der Waals surface area contributed by atoms with E-state index in [2.05, 4.69) is 9.80 Å². The van der Waals surface area contributed by atoms with E-state index in [-0.39, 0.29) is 36.4 Å². The number of rotatable bonds is 13. The number of aliphatic hydroxyl groups is 2. The van der Waals surface area contributed by atoms with Gasteiger partial charge >= 0.3 is 23.9 Å². The Hall–Kier alpha value is -6.72. The van der Waals surface area contributed by atoms with Crippen molar-refractivity contribution < 1.29 is 67.3 Å². The number of methoxy groups -OCH3 is 2. The molecule has 4 aliphatic carbocycles. The Balaban J connectivity index is 0.755. The van der Waals surface area contributed by atoms with Crippen molar-refractivity contribution in [2.45, 2.75) is 110 Å². The van der Waals surface area contributed by atoms with Gasteiger partial charge in [0.05, 0.1) is 49.1 Å². The third kappa shape index (κ3) is 6.50. The number of carbonyl (C=O) groups excluding carboxylic acids is 4. The summed E-state index contributed by atoms with van der Waals surface area (Å²) in [6.07, 6.45) is 0.189. The second-order valence-electron chi connectivity index (χ2n) is 20.5. The molecule has 0 unspecified atom stereocenters. The summed E-state index contributed by atoms with van der Waals surface area (Å²) in [5.41, 5.74) is 0.143. The minimum Gasteiger partial charge on any atom is -0.493 e. The third-order valence-electron chi connectivity index (χ3n) is 17.2. The van der Waals surface area contributed by atoms with Gasteiger partial charge in [-0.15, -0.1) is 0 Å². The van der Waals surface area contributed by atoms with E-state index < -0.39 is 83.2 Å². The van der Waals surface area contributed by atoms with Crippen LogP contribution in [0.3, 0.4) is 0 Å². The van der Waals surface area contributed by atoms with Gasteiger partial charge in [-0.25, -0.2) is 9.59 Å². The van der Waals surface area contributed by atoms with Gasteiger partial charge in [-0.3, -0.25) is 9.59 Å². The topological polar surface area (TPSA) is 189 Å². The Kier molecular flexibility index (Phi) is 10.9. The summed E-state index contributed by atoms with van der Waals surface area (Å²) in [4.78, 5) is 60.6. The molecular formula is C56H56N2O14. The van der Waals surface area contributed by atoms with E-state index in [1.807, 2.05) is 38.4 Å². The second-order valence-corrected chi connectivity index (χ2v) is 20.5. The van der Waals surface area contributed by atoms with E-state index in [1.54, 1.807) is 87.0 Å². The van der Waals surface area contributed by atoms with Crippen LogP contribution < -0.4 is 18.9 Å². The molecule has 0 saturated carbocycles. The highest BCUT2D eigenvalue weighted by molar-refractivity contribution is 5.85. The molecule has 16 nitrogen and oxygen atoms in total. The molecule has 8 aliphatic rings. The average Bonchev–Trinajstić information content (AvgIpc) is 3.94. The molecule has 4 aliphatic heterocycles. The normalized spacial score (nSPS) is 30.6. The summed E-state index contributed by atoms with van der Waals surface area (Å²) < 4.78 is 48.9. The van der Waals surface area contributed by atoms with E-state index in [0.717, 1.165) is 22.3 Å². The zero-order valence-electron chi connectivity index (χ0n) is 40.5. The molecule has 12 rings (SSSR count).